The standard InChI is InChI=1S/C11H20N4O2/c1-8(2)3-14-11(17)5-15-7-13-4-10(15)9(12)6-16/h4,7-9,16H,3,5-6,12H2,1-2H3,(H,14,17). The van der Waals surface area contributed by atoms with Crippen LogP contribution in [0.1, 0.15) is 25.6 Å². The van der Waals surface area contributed by atoms with E-state index in [1.54, 1.807) is 17.1 Å². The van der Waals surface area contributed by atoms with Crippen molar-refractivity contribution in [1.29, 1.82) is 0 Å². The predicted molar refractivity (Wildman–Crippen MR) is 64.1 cm³/mol. The third-order valence-corrected chi connectivity index (χ3v) is 2.34. The third kappa shape index (κ3) is 4.16. The van der Waals surface area contributed by atoms with Crippen LogP contribution in [0, 0.1) is 5.92 Å². The second kappa shape index (κ2) is 6.36. The average molecular weight is 240 g/mol. The van der Waals surface area contributed by atoms with Crippen molar-refractivity contribution >= 4 is 5.91 Å². The second-order valence-corrected chi connectivity index (χ2v) is 4.43. The molecule has 1 rings (SSSR count). The maximum absolute atomic E-state index is 11.6. The van der Waals surface area contributed by atoms with E-state index in [1.165, 1.54) is 0 Å². The molecule has 1 atom stereocenters. The molecular formula is C11H20N4O2. The molecule has 0 saturated heterocycles. The summed E-state index contributed by atoms with van der Waals surface area (Å²) >= 11 is 0. The molecule has 96 valence electrons. The van der Waals surface area contributed by atoms with Gasteiger partial charge in [-0.05, 0) is 5.92 Å². The van der Waals surface area contributed by atoms with E-state index in [-0.39, 0.29) is 19.1 Å². The maximum Gasteiger partial charge on any atom is 0.239 e. The summed E-state index contributed by atoms with van der Waals surface area (Å²) in [6.45, 7) is 4.72. The SMILES string of the molecule is CC(C)CNC(=O)Cn1cncc1C(N)CO. The number of rotatable bonds is 6. The van der Waals surface area contributed by atoms with E-state index in [2.05, 4.69) is 10.3 Å². The van der Waals surface area contributed by atoms with Gasteiger partial charge in [0.25, 0.3) is 0 Å². The zero-order valence-electron chi connectivity index (χ0n) is 10.3. The van der Waals surface area contributed by atoms with Crippen LogP contribution in [0.15, 0.2) is 12.5 Å². The summed E-state index contributed by atoms with van der Waals surface area (Å²) in [7, 11) is 0. The molecule has 0 aliphatic carbocycles. The molecule has 1 aromatic heterocycles. The van der Waals surface area contributed by atoms with Gasteiger partial charge >= 0.3 is 0 Å². The Bertz CT molecular complexity index is 362. The number of amides is 1. The summed E-state index contributed by atoms with van der Waals surface area (Å²) in [5.74, 6) is 0.337. The summed E-state index contributed by atoms with van der Waals surface area (Å²) in [4.78, 5) is 15.5. The normalized spacial score (nSPS) is 12.8. The molecule has 1 unspecified atom stereocenters. The van der Waals surface area contributed by atoms with Gasteiger partial charge in [-0.3, -0.25) is 4.79 Å². The van der Waals surface area contributed by atoms with Gasteiger partial charge in [-0.25, -0.2) is 4.98 Å². The summed E-state index contributed by atoms with van der Waals surface area (Å²) in [5.41, 5.74) is 6.35. The number of imidazole rings is 1. The third-order valence-electron chi connectivity index (χ3n) is 2.34. The largest absolute Gasteiger partial charge is 0.394 e. The molecule has 1 heterocycles. The molecule has 1 aromatic rings. The Labute approximate surface area is 101 Å². The Morgan fingerprint density at radius 1 is 1.65 bits per heavy atom. The Morgan fingerprint density at radius 2 is 2.35 bits per heavy atom. The smallest absolute Gasteiger partial charge is 0.239 e. The number of carbonyl (C=O) groups is 1. The summed E-state index contributed by atoms with van der Waals surface area (Å²) in [6.07, 6.45) is 3.11. The fraction of sp³-hybridized carbons (Fsp3) is 0.636. The van der Waals surface area contributed by atoms with Gasteiger partial charge < -0.3 is 20.7 Å². The van der Waals surface area contributed by atoms with E-state index in [4.69, 9.17) is 10.8 Å². The molecule has 0 aromatic carbocycles. The second-order valence-electron chi connectivity index (χ2n) is 4.43. The van der Waals surface area contributed by atoms with Crippen LogP contribution in [-0.4, -0.2) is 33.7 Å². The number of hydrogen-bond donors (Lipinski definition) is 3. The van der Waals surface area contributed by atoms with Crippen LogP contribution < -0.4 is 11.1 Å². The lowest BCUT2D eigenvalue weighted by Crippen LogP contribution is -2.31. The Morgan fingerprint density at radius 3 is 2.94 bits per heavy atom. The molecule has 0 radical (unpaired) electrons. The van der Waals surface area contributed by atoms with Gasteiger partial charge in [0, 0.05) is 12.7 Å². The van der Waals surface area contributed by atoms with Crippen molar-refractivity contribution in [3.8, 4) is 0 Å². The lowest BCUT2D eigenvalue weighted by Gasteiger charge is -2.13. The minimum Gasteiger partial charge on any atom is -0.394 e. The highest BCUT2D eigenvalue weighted by molar-refractivity contribution is 5.75. The molecule has 0 bridgehead atoms. The van der Waals surface area contributed by atoms with Crippen molar-refractivity contribution in [2.75, 3.05) is 13.2 Å². The first-order valence-corrected chi connectivity index (χ1v) is 5.67. The van der Waals surface area contributed by atoms with E-state index in [1.807, 2.05) is 13.8 Å². The first-order chi connectivity index (χ1) is 8.04. The van der Waals surface area contributed by atoms with E-state index < -0.39 is 6.04 Å². The van der Waals surface area contributed by atoms with Crippen molar-refractivity contribution in [3.05, 3.63) is 18.2 Å². The van der Waals surface area contributed by atoms with E-state index in [9.17, 15) is 4.79 Å². The van der Waals surface area contributed by atoms with Crippen molar-refractivity contribution < 1.29 is 9.90 Å². The molecule has 0 aliphatic heterocycles. The van der Waals surface area contributed by atoms with Crippen LogP contribution in [-0.2, 0) is 11.3 Å². The number of nitrogens with zero attached hydrogens (tertiary/aromatic N) is 2. The molecule has 0 fully saturated rings. The highest BCUT2D eigenvalue weighted by Gasteiger charge is 2.12. The van der Waals surface area contributed by atoms with Gasteiger partial charge in [0.15, 0.2) is 0 Å². The van der Waals surface area contributed by atoms with Gasteiger partial charge in [-0.2, -0.15) is 0 Å². The van der Waals surface area contributed by atoms with Gasteiger partial charge in [0.05, 0.1) is 24.7 Å². The van der Waals surface area contributed by atoms with Gasteiger partial charge in [0.1, 0.15) is 6.54 Å². The summed E-state index contributed by atoms with van der Waals surface area (Å²) < 4.78 is 1.65. The zero-order chi connectivity index (χ0) is 12.8. The highest BCUT2D eigenvalue weighted by atomic mass is 16.3. The number of nitrogens with two attached hydrogens (primary N) is 1. The molecule has 4 N–H and O–H groups in total. The van der Waals surface area contributed by atoms with Crippen LogP contribution in [0.3, 0.4) is 0 Å². The number of aliphatic hydroxyl groups excluding tert-OH is 1. The number of nitrogens with one attached hydrogen (secondary N) is 1. The van der Waals surface area contributed by atoms with E-state index in [0.717, 1.165) is 0 Å². The van der Waals surface area contributed by atoms with Crippen LogP contribution in [0.2, 0.25) is 0 Å². The Hall–Kier alpha value is -1.40. The van der Waals surface area contributed by atoms with Crippen LogP contribution in [0.4, 0.5) is 0 Å². The molecule has 0 aliphatic rings. The van der Waals surface area contributed by atoms with Crippen LogP contribution >= 0.6 is 0 Å². The first kappa shape index (κ1) is 13.7. The predicted octanol–water partition coefficient (Wildman–Crippen LogP) is -0.353. The van der Waals surface area contributed by atoms with Gasteiger partial charge in [-0.1, -0.05) is 13.8 Å². The number of carbonyl (C=O) groups excluding carboxylic acids is 1. The summed E-state index contributed by atoms with van der Waals surface area (Å²) in [5, 5.41) is 11.8. The minimum atomic E-state index is -0.504. The first-order valence-electron chi connectivity index (χ1n) is 5.67. The monoisotopic (exact) mass is 240 g/mol. The van der Waals surface area contributed by atoms with Crippen molar-refractivity contribution in [2.24, 2.45) is 11.7 Å². The molecule has 0 spiro atoms. The minimum absolute atomic E-state index is 0.0805. The van der Waals surface area contributed by atoms with Crippen LogP contribution in [0.5, 0.6) is 0 Å². The maximum atomic E-state index is 11.6. The quantitative estimate of drug-likeness (QED) is 0.633. The van der Waals surface area contributed by atoms with Crippen molar-refractivity contribution in [2.45, 2.75) is 26.4 Å². The van der Waals surface area contributed by atoms with Crippen molar-refractivity contribution in [1.82, 2.24) is 14.9 Å². The fourth-order valence-corrected chi connectivity index (χ4v) is 1.39. The van der Waals surface area contributed by atoms with Crippen LogP contribution in [0.25, 0.3) is 0 Å². The molecule has 1 amide bonds. The molecule has 6 heteroatoms. The molecule has 17 heavy (non-hydrogen) atoms. The number of aromatic nitrogens is 2. The van der Waals surface area contributed by atoms with Crippen molar-refractivity contribution in [3.63, 3.8) is 0 Å². The fourth-order valence-electron chi connectivity index (χ4n) is 1.39. The molecule has 6 nitrogen and oxygen atoms in total. The summed E-state index contributed by atoms with van der Waals surface area (Å²) in [6, 6.07) is -0.504. The highest BCUT2D eigenvalue weighted by Crippen LogP contribution is 2.08. The zero-order valence-corrected chi connectivity index (χ0v) is 10.3. The molecule has 0 saturated carbocycles. The van der Waals surface area contributed by atoms with Gasteiger partial charge in [0.2, 0.25) is 5.91 Å². The molecular weight excluding hydrogens is 220 g/mol. The van der Waals surface area contributed by atoms with E-state index in [0.29, 0.717) is 18.2 Å². The number of hydrogen-bond acceptors (Lipinski definition) is 4. The number of aliphatic hydroxyl groups is 1. The average Bonchev–Trinajstić information content (AvgIpc) is 2.73. The van der Waals surface area contributed by atoms with E-state index >= 15 is 0 Å². The van der Waals surface area contributed by atoms with Gasteiger partial charge in [-0.15, -0.1) is 0 Å². The Kier molecular flexibility index (Phi) is 5.11. The topological polar surface area (TPSA) is 93.2 Å². The Balaban J connectivity index is 2.56. The lowest BCUT2D eigenvalue weighted by molar-refractivity contribution is -0.121. The lowest BCUT2D eigenvalue weighted by atomic mass is 10.2.